The lowest BCUT2D eigenvalue weighted by molar-refractivity contribution is -0.111. The van der Waals surface area contributed by atoms with Crippen LogP contribution in [0.25, 0.3) is 11.6 Å². The minimum absolute atomic E-state index is 0.183. The van der Waals surface area contributed by atoms with Crippen LogP contribution in [0.4, 0.5) is 5.13 Å². The third kappa shape index (κ3) is 4.89. The van der Waals surface area contributed by atoms with E-state index in [9.17, 15) is 4.79 Å². The Bertz CT molecular complexity index is 900. The summed E-state index contributed by atoms with van der Waals surface area (Å²) in [5, 5.41) is 12.9. The third-order valence-electron chi connectivity index (χ3n) is 4.44. The second-order valence-electron chi connectivity index (χ2n) is 6.25. The van der Waals surface area contributed by atoms with Crippen molar-refractivity contribution in [1.29, 1.82) is 0 Å². The van der Waals surface area contributed by atoms with Crippen molar-refractivity contribution in [3.63, 3.8) is 0 Å². The molecule has 1 N–H and O–H groups in total. The van der Waals surface area contributed by atoms with E-state index in [2.05, 4.69) is 29.4 Å². The summed E-state index contributed by atoms with van der Waals surface area (Å²) in [5.74, 6) is 0.207. The van der Waals surface area contributed by atoms with Gasteiger partial charge in [0.2, 0.25) is 5.13 Å². The number of hydrogen-bond acceptors (Lipinski definition) is 4. The Morgan fingerprint density at radius 2 is 1.63 bits per heavy atom. The molecule has 0 aliphatic rings. The molecule has 1 amide bonds. The highest BCUT2D eigenvalue weighted by Gasteiger charge is 2.17. The van der Waals surface area contributed by atoms with E-state index in [4.69, 9.17) is 0 Å². The van der Waals surface area contributed by atoms with Gasteiger partial charge in [0.15, 0.2) is 0 Å². The number of aromatic nitrogens is 2. The molecule has 0 bridgehead atoms. The van der Waals surface area contributed by atoms with Gasteiger partial charge in [-0.1, -0.05) is 85.8 Å². The highest BCUT2D eigenvalue weighted by atomic mass is 32.1. The van der Waals surface area contributed by atoms with Crippen molar-refractivity contribution in [2.75, 3.05) is 5.32 Å². The van der Waals surface area contributed by atoms with E-state index in [1.165, 1.54) is 11.3 Å². The predicted octanol–water partition coefficient (Wildman–Crippen LogP) is 5.62. The summed E-state index contributed by atoms with van der Waals surface area (Å²) in [6, 6.07) is 19.5. The first kappa shape index (κ1) is 19.0. The number of hydrogen-bond donors (Lipinski definition) is 1. The number of amides is 1. The number of carbonyl (C=O) groups is 1. The molecule has 3 rings (SSSR count). The Kier molecular flexibility index (Phi) is 6.49. The molecular weight excluding hydrogens is 354 g/mol. The number of rotatable bonds is 7. The standard InChI is InChI=1S/C22H23N3OS/c1-3-17(4-2)21-24-25-22(27-21)23-20(26)19(18-13-9-6-10-14-18)15-16-11-7-5-8-12-16/h5-15,17H,3-4H2,1-2H3,(H,23,25,26). The van der Waals surface area contributed by atoms with Crippen LogP contribution in [0.15, 0.2) is 60.7 Å². The van der Waals surface area contributed by atoms with Crippen molar-refractivity contribution >= 4 is 34.0 Å². The fourth-order valence-electron chi connectivity index (χ4n) is 2.87. The third-order valence-corrected chi connectivity index (χ3v) is 5.44. The molecule has 0 spiro atoms. The lowest BCUT2D eigenvalue weighted by Gasteiger charge is -2.08. The average Bonchev–Trinajstić information content (AvgIpc) is 3.16. The molecule has 0 saturated carbocycles. The van der Waals surface area contributed by atoms with Gasteiger partial charge in [0.05, 0.1) is 0 Å². The van der Waals surface area contributed by atoms with Crippen LogP contribution in [0.5, 0.6) is 0 Å². The number of anilines is 1. The van der Waals surface area contributed by atoms with E-state index >= 15 is 0 Å². The van der Waals surface area contributed by atoms with Crippen LogP contribution in [0.2, 0.25) is 0 Å². The highest BCUT2D eigenvalue weighted by Crippen LogP contribution is 2.29. The summed E-state index contributed by atoms with van der Waals surface area (Å²) < 4.78 is 0. The molecule has 0 aliphatic heterocycles. The molecule has 138 valence electrons. The molecule has 3 aromatic rings. The monoisotopic (exact) mass is 377 g/mol. The summed E-state index contributed by atoms with van der Waals surface area (Å²) in [6.45, 7) is 4.29. The van der Waals surface area contributed by atoms with Crippen LogP contribution in [0.3, 0.4) is 0 Å². The Balaban J connectivity index is 1.87. The molecule has 0 radical (unpaired) electrons. The van der Waals surface area contributed by atoms with Gasteiger partial charge in [0, 0.05) is 11.5 Å². The second-order valence-corrected chi connectivity index (χ2v) is 7.26. The average molecular weight is 378 g/mol. The van der Waals surface area contributed by atoms with Gasteiger partial charge in [-0.2, -0.15) is 0 Å². The van der Waals surface area contributed by atoms with Gasteiger partial charge in [-0.25, -0.2) is 0 Å². The van der Waals surface area contributed by atoms with E-state index in [-0.39, 0.29) is 5.91 Å². The molecule has 0 saturated heterocycles. The van der Waals surface area contributed by atoms with Gasteiger partial charge in [-0.05, 0) is 30.0 Å². The van der Waals surface area contributed by atoms with Gasteiger partial charge in [0.1, 0.15) is 5.01 Å². The zero-order chi connectivity index (χ0) is 19.1. The Morgan fingerprint density at radius 3 is 2.26 bits per heavy atom. The highest BCUT2D eigenvalue weighted by molar-refractivity contribution is 7.15. The summed E-state index contributed by atoms with van der Waals surface area (Å²) in [6.07, 6.45) is 3.93. The van der Waals surface area contributed by atoms with Gasteiger partial charge < -0.3 is 0 Å². The van der Waals surface area contributed by atoms with Crippen molar-refractivity contribution in [2.45, 2.75) is 32.6 Å². The van der Waals surface area contributed by atoms with Crippen LogP contribution in [-0.4, -0.2) is 16.1 Å². The first-order chi connectivity index (χ1) is 13.2. The van der Waals surface area contributed by atoms with Crippen molar-refractivity contribution in [3.8, 4) is 0 Å². The van der Waals surface area contributed by atoms with Crippen LogP contribution >= 0.6 is 11.3 Å². The Hall–Kier alpha value is -2.79. The van der Waals surface area contributed by atoms with Crippen LogP contribution in [-0.2, 0) is 4.79 Å². The van der Waals surface area contributed by atoms with E-state index in [0.717, 1.165) is 29.0 Å². The van der Waals surface area contributed by atoms with Crippen molar-refractivity contribution in [3.05, 3.63) is 76.8 Å². The quantitative estimate of drug-likeness (QED) is 0.429. The first-order valence-electron chi connectivity index (χ1n) is 9.18. The van der Waals surface area contributed by atoms with Crippen molar-refractivity contribution in [2.24, 2.45) is 0 Å². The number of nitrogens with zero attached hydrogens (tertiary/aromatic N) is 2. The molecule has 0 fully saturated rings. The zero-order valence-corrected chi connectivity index (χ0v) is 16.4. The normalized spacial score (nSPS) is 11.6. The summed E-state index contributed by atoms with van der Waals surface area (Å²) in [7, 11) is 0. The van der Waals surface area contributed by atoms with Gasteiger partial charge >= 0.3 is 0 Å². The fourth-order valence-corrected chi connectivity index (χ4v) is 3.87. The van der Waals surface area contributed by atoms with E-state index in [1.807, 2.05) is 66.7 Å². The maximum Gasteiger partial charge on any atom is 0.258 e. The molecule has 0 aliphatic carbocycles. The first-order valence-corrected chi connectivity index (χ1v) is 9.99. The van der Waals surface area contributed by atoms with Crippen molar-refractivity contribution < 1.29 is 4.79 Å². The molecule has 4 nitrogen and oxygen atoms in total. The van der Waals surface area contributed by atoms with Crippen molar-refractivity contribution in [1.82, 2.24) is 10.2 Å². The molecule has 2 aromatic carbocycles. The molecule has 27 heavy (non-hydrogen) atoms. The zero-order valence-electron chi connectivity index (χ0n) is 15.6. The molecule has 0 unspecified atom stereocenters. The molecular formula is C22H23N3OS. The van der Waals surface area contributed by atoms with Crippen LogP contribution in [0, 0.1) is 0 Å². The number of benzene rings is 2. The van der Waals surface area contributed by atoms with E-state index in [1.54, 1.807) is 0 Å². The van der Waals surface area contributed by atoms with Gasteiger partial charge in [-0.3, -0.25) is 10.1 Å². The largest absolute Gasteiger partial charge is 0.296 e. The van der Waals surface area contributed by atoms with Gasteiger partial charge in [0.25, 0.3) is 5.91 Å². The minimum atomic E-state index is -0.183. The molecule has 1 heterocycles. The summed E-state index contributed by atoms with van der Waals surface area (Å²) in [5.41, 5.74) is 2.44. The molecule has 5 heteroatoms. The maximum absolute atomic E-state index is 13.0. The lowest BCUT2D eigenvalue weighted by atomic mass is 10.0. The smallest absolute Gasteiger partial charge is 0.258 e. The summed E-state index contributed by atoms with van der Waals surface area (Å²) in [4.78, 5) is 13.0. The Morgan fingerprint density at radius 1 is 1.00 bits per heavy atom. The summed E-state index contributed by atoms with van der Waals surface area (Å²) >= 11 is 1.46. The predicted molar refractivity (Wildman–Crippen MR) is 113 cm³/mol. The Labute approximate surface area is 164 Å². The number of carbonyl (C=O) groups excluding carboxylic acids is 1. The van der Waals surface area contributed by atoms with Crippen LogP contribution < -0.4 is 5.32 Å². The minimum Gasteiger partial charge on any atom is -0.296 e. The molecule has 0 atom stereocenters. The van der Waals surface area contributed by atoms with Crippen LogP contribution in [0.1, 0.15) is 48.7 Å². The van der Waals surface area contributed by atoms with E-state index < -0.39 is 0 Å². The lowest BCUT2D eigenvalue weighted by Crippen LogP contribution is -2.13. The number of nitrogens with one attached hydrogen (secondary N) is 1. The maximum atomic E-state index is 13.0. The SMILES string of the molecule is CCC(CC)c1nnc(NC(=O)C(=Cc2ccccc2)c2ccccc2)s1. The van der Waals surface area contributed by atoms with E-state index in [0.29, 0.717) is 16.6 Å². The second kappa shape index (κ2) is 9.24. The fraction of sp³-hybridized carbons (Fsp3) is 0.227. The molecule has 1 aromatic heterocycles. The topological polar surface area (TPSA) is 54.9 Å². The van der Waals surface area contributed by atoms with Gasteiger partial charge in [-0.15, -0.1) is 10.2 Å².